The molecule has 3 rings (SSSR count). The first-order valence-electron chi connectivity index (χ1n) is 5.93. The van der Waals surface area contributed by atoms with Gasteiger partial charge in [0.05, 0.1) is 5.69 Å². The summed E-state index contributed by atoms with van der Waals surface area (Å²) in [5.41, 5.74) is -0.439. The van der Waals surface area contributed by atoms with Gasteiger partial charge in [-0.2, -0.15) is 0 Å². The second-order valence-corrected chi connectivity index (χ2v) is 5.00. The average Bonchev–Trinajstić information content (AvgIpc) is 2.71. The molecule has 1 aromatic heterocycles. The first-order chi connectivity index (χ1) is 8.09. The van der Waals surface area contributed by atoms with Crippen LogP contribution in [0.1, 0.15) is 47.1 Å². The Labute approximate surface area is 97.9 Å². The number of rotatable bonds is 2. The van der Waals surface area contributed by atoms with E-state index in [1.165, 1.54) is 19.3 Å². The van der Waals surface area contributed by atoms with Gasteiger partial charge in [-0.3, -0.25) is 4.79 Å². The molecule has 0 bridgehead atoms. The molecule has 2 aliphatic carbocycles. The Balaban J connectivity index is 1.99. The van der Waals surface area contributed by atoms with Crippen molar-refractivity contribution in [1.82, 2.24) is 9.97 Å². The van der Waals surface area contributed by atoms with E-state index in [1.807, 2.05) is 0 Å². The number of carboxylic acid groups (broad SMARTS) is 1. The predicted molar refractivity (Wildman–Crippen MR) is 60.1 cm³/mol. The van der Waals surface area contributed by atoms with Gasteiger partial charge in [0.25, 0.3) is 5.56 Å². The molecule has 2 aliphatic rings. The molecule has 2 N–H and O–H groups in total. The number of carboxylic acids is 1. The van der Waals surface area contributed by atoms with E-state index in [1.54, 1.807) is 6.92 Å². The number of nitrogens with zero attached hydrogens (tertiary/aromatic N) is 1. The molecule has 0 aromatic carbocycles. The maximum absolute atomic E-state index is 11.7. The molecule has 2 saturated carbocycles. The smallest absolute Gasteiger partial charge is 0.343 e. The van der Waals surface area contributed by atoms with Gasteiger partial charge in [0.2, 0.25) is 0 Å². The number of hydrogen-bond donors (Lipinski definition) is 2. The molecule has 5 nitrogen and oxygen atoms in total. The first-order valence-corrected chi connectivity index (χ1v) is 5.93. The number of nitrogens with one attached hydrogen (secondary N) is 1. The fourth-order valence-electron chi connectivity index (χ4n) is 3.24. The summed E-state index contributed by atoms with van der Waals surface area (Å²) in [6.45, 7) is 1.58. The summed E-state index contributed by atoms with van der Waals surface area (Å²) >= 11 is 0. The van der Waals surface area contributed by atoms with Crippen molar-refractivity contribution in [2.24, 2.45) is 11.8 Å². The van der Waals surface area contributed by atoms with Crippen LogP contribution in [0.3, 0.4) is 0 Å². The van der Waals surface area contributed by atoms with Crippen LogP contribution in [-0.2, 0) is 0 Å². The molecule has 0 amide bonds. The van der Waals surface area contributed by atoms with Crippen molar-refractivity contribution in [1.29, 1.82) is 0 Å². The molecule has 90 valence electrons. The molecule has 0 spiro atoms. The lowest BCUT2D eigenvalue weighted by molar-refractivity contribution is 0.0693. The third-order valence-electron chi connectivity index (χ3n) is 4.05. The Bertz CT molecular complexity index is 539. The summed E-state index contributed by atoms with van der Waals surface area (Å²) in [4.78, 5) is 29.5. The second kappa shape index (κ2) is 3.42. The van der Waals surface area contributed by atoms with Crippen molar-refractivity contribution in [3.8, 4) is 0 Å². The van der Waals surface area contributed by atoms with Crippen molar-refractivity contribution in [2.75, 3.05) is 0 Å². The summed E-state index contributed by atoms with van der Waals surface area (Å²) < 4.78 is 0. The summed E-state index contributed by atoms with van der Waals surface area (Å²) in [5.74, 6) is 1.16. The summed E-state index contributed by atoms with van der Waals surface area (Å²) in [7, 11) is 0. The minimum atomic E-state index is -1.21. The van der Waals surface area contributed by atoms with Gasteiger partial charge in [0.15, 0.2) is 0 Å². The van der Waals surface area contributed by atoms with Crippen LogP contribution in [0.5, 0.6) is 0 Å². The van der Waals surface area contributed by atoms with Crippen molar-refractivity contribution >= 4 is 5.97 Å². The van der Waals surface area contributed by atoms with Crippen molar-refractivity contribution in [3.05, 3.63) is 27.4 Å². The molecule has 0 radical (unpaired) electrons. The molecular weight excluding hydrogens is 220 g/mol. The lowest BCUT2D eigenvalue weighted by atomic mass is 10.1. The normalized spacial score (nSPS) is 30.1. The van der Waals surface area contributed by atoms with Crippen LogP contribution in [0.15, 0.2) is 4.79 Å². The number of aromatic amines is 1. The van der Waals surface area contributed by atoms with Gasteiger partial charge in [-0.05, 0) is 31.6 Å². The van der Waals surface area contributed by atoms with E-state index in [2.05, 4.69) is 9.97 Å². The van der Waals surface area contributed by atoms with Gasteiger partial charge >= 0.3 is 5.97 Å². The second-order valence-electron chi connectivity index (χ2n) is 5.00. The highest BCUT2D eigenvalue weighted by Crippen LogP contribution is 2.62. The van der Waals surface area contributed by atoms with Crippen LogP contribution in [-0.4, -0.2) is 21.0 Å². The Kier molecular flexibility index (Phi) is 2.11. The first kappa shape index (κ1) is 10.5. The number of fused-ring (bicyclic) bond motifs is 1. The fraction of sp³-hybridized carbons (Fsp3) is 0.583. The topological polar surface area (TPSA) is 83.0 Å². The Hall–Kier alpha value is -1.65. The minimum Gasteiger partial charge on any atom is -0.477 e. The monoisotopic (exact) mass is 234 g/mol. The van der Waals surface area contributed by atoms with Crippen molar-refractivity contribution in [3.63, 3.8) is 0 Å². The Morgan fingerprint density at radius 3 is 2.59 bits per heavy atom. The average molecular weight is 234 g/mol. The number of hydrogen-bond acceptors (Lipinski definition) is 3. The van der Waals surface area contributed by atoms with E-state index in [-0.39, 0.29) is 5.56 Å². The number of aromatic carboxylic acids is 1. The predicted octanol–water partition coefficient (Wildman–Crippen LogP) is 1.29. The molecule has 5 heteroatoms. The van der Waals surface area contributed by atoms with Gasteiger partial charge in [-0.25, -0.2) is 9.78 Å². The Morgan fingerprint density at radius 1 is 1.41 bits per heavy atom. The zero-order chi connectivity index (χ0) is 12.2. The minimum absolute atomic E-state index is 0.237. The van der Waals surface area contributed by atoms with Crippen LogP contribution in [0.2, 0.25) is 0 Å². The van der Waals surface area contributed by atoms with E-state index in [0.717, 1.165) is 0 Å². The van der Waals surface area contributed by atoms with Crippen molar-refractivity contribution < 1.29 is 9.90 Å². The highest BCUT2D eigenvalue weighted by atomic mass is 16.4. The zero-order valence-corrected chi connectivity index (χ0v) is 9.56. The largest absolute Gasteiger partial charge is 0.477 e. The van der Waals surface area contributed by atoms with Crippen LogP contribution in [0, 0.1) is 18.8 Å². The lowest BCUT2D eigenvalue weighted by Crippen LogP contribution is -2.23. The molecule has 2 fully saturated rings. The number of H-pyrrole nitrogens is 1. The van der Waals surface area contributed by atoms with Gasteiger partial charge in [0.1, 0.15) is 11.4 Å². The fourth-order valence-corrected chi connectivity index (χ4v) is 3.24. The molecule has 1 heterocycles. The van der Waals surface area contributed by atoms with E-state index < -0.39 is 11.5 Å². The summed E-state index contributed by atoms with van der Waals surface area (Å²) in [6, 6.07) is 0. The van der Waals surface area contributed by atoms with Crippen molar-refractivity contribution in [2.45, 2.75) is 32.1 Å². The van der Waals surface area contributed by atoms with E-state index >= 15 is 0 Å². The van der Waals surface area contributed by atoms with Crippen LogP contribution >= 0.6 is 0 Å². The molecule has 0 saturated heterocycles. The van der Waals surface area contributed by atoms with E-state index in [0.29, 0.717) is 29.3 Å². The number of aromatic nitrogens is 2. The van der Waals surface area contributed by atoms with Crippen LogP contribution < -0.4 is 5.56 Å². The number of carbonyl (C=O) groups is 1. The SMILES string of the molecule is Cc1nc(C2C3CCCC32)[nH]c(=O)c1C(=O)O. The van der Waals surface area contributed by atoms with Crippen LogP contribution in [0.4, 0.5) is 0 Å². The van der Waals surface area contributed by atoms with E-state index in [4.69, 9.17) is 5.11 Å². The highest BCUT2D eigenvalue weighted by molar-refractivity contribution is 5.88. The Morgan fingerprint density at radius 2 is 2.06 bits per heavy atom. The van der Waals surface area contributed by atoms with Gasteiger partial charge in [-0.1, -0.05) is 6.42 Å². The molecule has 0 aliphatic heterocycles. The summed E-state index contributed by atoms with van der Waals surface area (Å²) in [5, 5.41) is 8.89. The quantitative estimate of drug-likeness (QED) is 0.807. The van der Waals surface area contributed by atoms with E-state index in [9.17, 15) is 9.59 Å². The molecule has 2 atom stereocenters. The third-order valence-corrected chi connectivity index (χ3v) is 4.05. The van der Waals surface area contributed by atoms with Gasteiger partial charge in [-0.15, -0.1) is 0 Å². The molecular formula is C12H14N2O3. The maximum Gasteiger partial charge on any atom is 0.343 e. The van der Waals surface area contributed by atoms with Crippen LogP contribution in [0.25, 0.3) is 0 Å². The number of aryl methyl sites for hydroxylation is 1. The summed E-state index contributed by atoms with van der Waals surface area (Å²) in [6.07, 6.45) is 3.68. The molecule has 2 unspecified atom stereocenters. The highest BCUT2D eigenvalue weighted by Gasteiger charge is 2.54. The molecule has 17 heavy (non-hydrogen) atoms. The van der Waals surface area contributed by atoms with Gasteiger partial charge < -0.3 is 10.1 Å². The standard InChI is InChI=1S/C12H14N2O3/c1-5-8(12(16)17)11(15)14-10(13-5)9-6-3-2-4-7(6)9/h6-7,9H,2-4H2,1H3,(H,16,17)(H,13,14,15). The lowest BCUT2D eigenvalue weighted by Gasteiger charge is -2.05. The maximum atomic E-state index is 11.7. The molecule has 1 aromatic rings. The zero-order valence-electron chi connectivity index (χ0n) is 9.56. The third kappa shape index (κ3) is 1.49. The van der Waals surface area contributed by atoms with Gasteiger partial charge in [0, 0.05) is 5.92 Å².